The summed E-state index contributed by atoms with van der Waals surface area (Å²) in [5.41, 5.74) is -2.58. The van der Waals surface area contributed by atoms with E-state index in [9.17, 15) is 14.9 Å². The fraction of sp³-hybridized carbons (Fsp3) is 0.560. The van der Waals surface area contributed by atoms with Crippen LogP contribution in [0.3, 0.4) is 0 Å². The number of rotatable bonds is 7. The molecule has 3 unspecified atom stereocenters. The Bertz CT molecular complexity index is 1020. The lowest BCUT2D eigenvalue weighted by molar-refractivity contribution is -0.338. The van der Waals surface area contributed by atoms with Gasteiger partial charge < -0.3 is 8.85 Å². The van der Waals surface area contributed by atoms with Gasteiger partial charge in [-0.05, 0) is 38.3 Å². The molecule has 0 radical (unpaired) electrons. The molecule has 34 heavy (non-hydrogen) atoms. The standard InChI is InChI=1S/C25H36N2O5Si2/c1-23(2,3)25(32-33(4)5)22(29)27(30-17-18-12-10-9-11-13-18)24(25)19(16-26)14-20(28)15-21(24)31-34(6,7)8/h9-13,15,19,33H,14,17H2,1-8H3. The second kappa shape index (κ2) is 9.08. The van der Waals surface area contributed by atoms with Crippen LogP contribution in [0.25, 0.3) is 0 Å². The van der Waals surface area contributed by atoms with Crippen molar-refractivity contribution in [3.8, 4) is 6.07 Å². The monoisotopic (exact) mass is 500 g/mol. The summed E-state index contributed by atoms with van der Waals surface area (Å²) >= 11 is 0. The van der Waals surface area contributed by atoms with Gasteiger partial charge >= 0.3 is 0 Å². The summed E-state index contributed by atoms with van der Waals surface area (Å²) in [6.45, 7) is 16.0. The number of amides is 1. The number of ketones is 1. The highest BCUT2D eigenvalue weighted by molar-refractivity contribution is 6.70. The van der Waals surface area contributed by atoms with Gasteiger partial charge in [0, 0.05) is 17.9 Å². The van der Waals surface area contributed by atoms with Gasteiger partial charge in [-0.3, -0.25) is 14.4 Å². The summed E-state index contributed by atoms with van der Waals surface area (Å²) in [7, 11) is -4.06. The molecule has 2 aliphatic rings. The molecule has 1 saturated heterocycles. The number of allylic oxidation sites excluding steroid dienone is 1. The predicted octanol–water partition coefficient (Wildman–Crippen LogP) is 4.33. The Balaban J connectivity index is 2.26. The first-order valence-corrected chi connectivity index (χ1v) is 17.9. The highest BCUT2D eigenvalue weighted by Gasteiger charge is 2.83. The van der Waals surface area contributed by atoms with Gasteiger partial charge in [0.15, 0.2) is 26.0 Å². The normalized spacial score (nSPS) is 27.5. The summed E-state index contributed by atoms with van der Waals surface area (Å²) < 4.78 is 13.1. The van der Waals surface area contributed by atoms with E-state index in [2.05, 4.69) is 6.07 Å². The Hall–Kier alpha value is -2.26. The van der Waals surface area contributed by atoms with Gasteiger partial charge in [0.1, 0.15) is 12.4 Å². The molecule has 3 rings (SSSR count). The molecule has 0 bridgehead atoms. The summed E-state index contributed by atoms with van der Waals surface area (Å²) in [5.74, 6) is -1.10. The molecule has 1 aliphatic carbocycles. The zero-order valence-electron chi connectivity index (χ0n) is 21.5. The Morgan fingerprint density at radius 3 is 2.29 bits per heavy atom. The van der Waals surface area contributed by atoms with Gasteiger partial charge in [-0.25, -0.2) is 0 Å². The average molecular weight is 501 g/mol. The molecule has 9 heteroatoms. The molecular formula is C25H36N2O5Si2. The van der Waals surface area contributed by atoms with E-state index in [0.29, 0.717) is 5.76 Å². The van der Waals surface area contributed by atoms with Crippen molar-refractivity contribution >= 4 is 29.0 Å². The summed E-state index contributed by atoms with van der Waals surface area (Å²) in [4.78, 5) is 33.0. The molecule has 184 valence electrons. The number of carbonyl (C=O) groups is 2. The van der Waals surface area contributed by atoms with Gasteiger partial charge in [-0.1, -0.05) is 51.1 Å². The van der Waals surface area contributed by atoms with Crippen LogP contribution in [0.2, 0.25) is 32.7 Å². The van der Waals surface area contributed by atoms with Crippen molar-refractivity contribution in [2.24, 2.45) is 11.3 Å². The maximum Gasteiger partial charge on any atom is 0.282 e. The minimum absolute atomic E-state index is 0.0334. The lowest BCUT2D eigenvalue weighted by Crippen LogP contribution is -2.90. The maximum atomic E-state index is 14.0. The van der Waals surface area contributed by atoms with Crippen LogP contribution >= 0.6 is 0 Å². The van der Waals surface area contributed by atoms with Crippen LogP contribution in [0.1, 0.15) is 32.8 Å². The third kappa shape index (κ3) is 4.17. The minimum Gasteiger partial charge on any atom is -0.545 e. The molecule has 1 aromatic rings. The molecule has 1 fully saturated rings. The van der Waals surface area contributed by atoms with E-state index in [1.54, 1.807) is 0 Å². The molecular weight excluding hydrogens is 464 g/mol. The molecule has 0 saturated carbocycles. The van der Waals surface area contributed by atoms with Crippen LogP contribution < -0.4 is 0 Å². The number of benzene rings is 1. The number of β-lactam (4-membered cyclic amide) rings is 1. The Kier molecular flexibility index (Phi) is 7.03. The number of carbonyl (C=O) groups excluding carboxylic acids is 2. The predicted molar refractivity (Wildman–Crippen MR) is 134 cm³/mol. The van der Waals surface area contributed by atoms with Gasteiger partial charge in [-0.2, -0.15) is 10.3 Å². The van der Waals surface area contributed by atoms with Crippen LogP contribution in [-0.2, 0) is 29.9 Å². The molecule has 7 nitrogen and oxygen atoms in total. The summed E-state index contributed by atoms with van der Waals surface area (Å²) in [5, 5.41) is 11.6. The molecule has 1 heterocycles. The van der Waals surface area contributed by atoms with Crippen molar-refractivity contribution in [1.82, 2.24) is 5.06 Å². The van der Waals surface area contributed by atoms with Gasteiger partial charge in [0.25, 0.3) is 5.91 Å². The van der Waals surface area contributed by atoms with E-state index in [4.69, 9.17) is 13.7 Å². The Labute approximate surface area is 205 Å². The number of nitrogens with zero attached hydrogens (tertiary/aromatic N) is 2. The fourth-order valence-corrected chi connectivity index (χ4v) is 7.28. The highest BCUT2D eigenvalue weighted by atomic mass is 28.4. The Morgan fingerprint density at radius 2 is 1.79 bits per heavy atom. The first kappa shape index (κ1) is 26.4. The fourth-order valence-electron chi connectivity index (χ4n) is 5.07. The van der Waals surface area contributed by atoms with E-state index in [0.717, 1.165) is 5.56 Å². The lowest BCUT2D eigenvalue weighted by atomic mass is 9.51. The largest absolute Gasteiger partial charge is 0.545 e. The molecule has 0 aromatic heterocycles. The second-order valence-corrected chi connectivity index (χ2v) is 18.1. The first-order valence-electron chi connectivity index (χ1n) is 11.7. The van der Waals surface area contributed by atoms with Gasteiger partial charge in [-0.15, -0.1) is 0 Å². The molecule has 1 aliphatic heterocycles. The van der Waals surface area contributed by atoms with E-state index >= 15 is 0 Å². The Morgan fingerprint density at radius 1 is 1.18 bits per heavy atom. The van der Waals surface area contributed by atoms with Crippen molar-refractivity contribution in [2.75, 3.05) is 0 Å². The molecule has 1 aromatic carbocycles. The van der Waals surface area contributed by atoms with Crippen molar-refractivity contribution in [1.29, 1.82) is 5.26 Å². The summed E-state index contributed by atoms with van der Waals surface area (Å²) in [6.07, 6.45) is 1.43. The highest BCUT2D eigenvalue weighted by Crippen LogP contribution is 2.62. The lowest BCUT2D eigenvalue weighted by Gasteiger charge is -2.69. The summed E-state index contributed by atoms with van der Waals surface area (Å²) in [6, 6.07) is 11.9. The maximum absolute atomic E-state index is 14.0. The van der Waals surface area contributed by atoms with E-state index in [-0.39, 0.29) is 24.7 Å². The third-order valence-electron chi connectivity index (χ3n) is 6.16. The topological polar surface area (TPSA) is 88.9 Å². The van der Waals surface area contributed by atoms with E-state index in [1.165, 1.54) is 11.1 Å². The van der Waals surface area contributed by atoms with Crippen molar-refractivity contribution in [2.45, 2.75) is 77.7 Å². The zero-order chi connectivity index (χ0) is 25.5. The average Bonchev–Trinajstić information content (AvgIpc) is 2.71. The quantitative estimate of drug-likeness (QED) is 0.409. The molecule has 1 spiro atoms. The molecule has 3 atom stereocenters. The zero-order valence-corrected chi connectivity index (χ0v) is 23.6. The smallest absolute Gasteiger partial charge is 0.282 e. The van der Waals surface area contributed by atoms with Crippen LogP contribution in [0, 0.1) is 22.7 Å². The van der Waals surface area contributed by atoms with Crippen molar-refractivity contribution < 1.29 is 23.3 Å². The number of hydrogen-bond donors (Lipinski definition) is 0. The van der Waals surface area contributed by atoms with E-state index in [1.807, 2.05) is 83.8 Å². The SMILES string of the molecule is C[SiH](C)OC1(C(C)(C)C)C(=O)N(OCc2ccccc2)C12C(O[Si](C)(C)C)=CC(=O)CC2C#N. The van der Waals surface area contributed by atoms with Crippen LogP contribution in [-0.4, -0.2) is 45.3 Å². The number of hydrogen-bond acceptors (Lipinski definition) is 6. The first-order chi connectivity index (χ1) is 15.7. The van der Waals surface area contributed by atoms with Crippen molar-refractivity contribution in [3.63, 3.8) is 0 Å². The number of hydroxylamine groups is 2. The third-order valence-corrected chi connectivity index (χ3v) is 7.82. The van der Waals surface area contributed by atoms with Crippen molar-refractivity contribution in [3.05, 3.63) is 47.7 Å². The van der Waals surface area contributed by atoms with Gasteiger partial charge in [0.05, 0.1) is 12.0 Å². The van der Waals surface area contributed by atoms with Crippen LogP contribution in [0.5, 0.6) is 0 Å². The second-order valence-electron chi connectivity index (χ2n) is 11.3. The minimum atomic E-state index is -2.26. The van der Waals surface area contributed by atoms with Crippen LogP contribution in [0.15, 0.2) is 42.2 Å². The van der Waals surface area contributed by atoms with E-state index < -0.39 is 39.8 Å². The van der Waals surface area contributed by atoms with Gasteiger partial charge in [0.2, 0.25) is 8.32 Å². The van der Waals surface area contributed by atoms with Crippen LogP contribution in [0.4, 0.5) is 0 Å². The molecule has 1 amide bonds. The number of nitriles is 1. The molecule has 0 N–H and O–H groups in total.